The SMILES string of the molecule is Cc1ccc(S(=O)(=O)/[N+](C)=C2C(=C/C=C3/N(CCCCSOO[O-])c4ccccc4C3(C)C)/CCC/2=C\C=C2\N(CCCCS(=O)(=O)[O-])c3ccccc3C2(C)C)cc1. The topological polar surface area (TPSA) is 142 Å². The Morgan fingerprint density at radius 3 is 1.71 bits per heavy atom. The maximum atomic E-state index is 14.4. The van der Waals surface area contributed by atoms with Crippen molar-refractivity contribution >= 4 is 49.3 Å². The average Bonchev–Trinajstić information content (AvgIpc) is 3.77. The monoisotopic (exact) mass is 860 g/mol. The normalized spacial score (nSPS) is 20.9. The van der Waals surface area contributed by atoms with Crippen LogP contribution in [0.15, 0.2) is 125 Å². The summed E-state index contributed by atoms with van der Waals surface area (Å²) in [6, 6.07) is 23.5. The minimum absolute atomic E-state index is 0.211. The van der Waals surface area contributed by atoms with Crippen LogP contribution in [0.1, 0.15) is 82.9 Å². The molecular weight excluding hydrogens is 807 g/mol. The van der Waals surface area contributed by atoms with E-state index in [-0.39, 0.29) is 16.7 Å². The summed E-state index contributed by atoms with van der Waals surface area (Å²) in [6.07, 6.45) is 12.0. The number of sulfonamides is 1. The van der Waals surface area contributed by atoms with Crippen LogP contribution < -0.4 is 15.1 Å². The van der Waals surface area contributed by atoms with Gasteiger partial charge < -0.3 is 19.6 Å². The largest absolute Gasteiger partial charge is 0.748 e. The first-order chi connectivity index (χ1) is 28.0. The van der Waals surface area contributed by atoms with Crippen LogP contribution in [-0.4, -0.2) is 62.7 Å². The molecule has 59 heavy (non-hydrogen) atoms. The van der Waals surface area contributed by atoms with Gasteiger partial charge in [0, 0.05) is 81.4 Å². The molecule has 0 N–H and O–H groups in total. The predicted octanol–water partition coefficient (Wildman–Crippen LogP) is 7.75. The zero-order chi connectivity index (χ0) is 42.6. The lowest BCUT2D eigenvalue weighted by Crippen LogP contribution is -2.28. The molecule has 0 atom stereocenters. The summed E-state index contributed by atoms with van der Waals surface area (Å²) in [5, 5.41) is 13.7. The highest BCUT2D eigenvalue weighted by Crippen LogP contribution is 2.49. The van der Waals surface area contributed by atoms with Crippen LogP contribution in [0.4, 0.5) is 11.4 Å². The molecular formula is C45H54N3O8S3-. The van der Waals surface area contributed by atoms with Crippen molar-refractivity contribution in [1.29, 1.82) is 0 Å². The van der Waals surface area contributed by atoms with Gasteiger partial charge in [0.05, 0.1) is 10.1 Å². The molecule has 0 unspecified atom stereocenters. The van der Waals surface area contributed by atoms with Crippen LogP contribution in [0, 0.1) is 6.92 Å². The molecule has 0 bridgehead atoms. The highest BCUT2D eigenvalue weighted by atomic mass is 32.2. The first-order valence-electron chi connectivity index (χ1n) is 20.0. The molecule has 2 aliphatic heterocycles. The first kappa shape index (κ1) is 44.5. The Bertz CT molecular complexity index is 2410. The minimum atomic E-state index is -4.31. The number of hydrogen-bond donors (Lipinski definition) is 0. The summed E-state index contributed by atoms with van der Waals surface area (Å²) >= 11 is 0.990. The molecule has 1 fully saturated rings. The Hall–Kier alpha value is -4.02. The van der Waals surface area contributed by atoms with Crippen LogP contribution in [0.3, 0.4) is 0 Å². The second-order valence-corrected chi connectivity index (χ2v) is 20.6. The molecule has 11 nitrogen and oxygen atoms in total. The lowest BCUT2D eigenvalue weighted by Gasteiger charge is -2.27. The maximum Gasteiger partial charge on any atom is 0.395 e. The second-order valence-electron chi connectivity index (χ2n) is 16.3. The van der Waals surface area contributed by atoms with Gasteiger partial charge in [-0.1, -0.05) is 93.9 Å². The number of para-hydroxylation sites is 2. The van der Waals surface area contributed by atoms with Crippen molar-refractivity contribution in [2.75, 3.05) is 41.4 Å². The van der Waals surface area contributed by atoms with Gasteiger partial charge in [-0.05, 0) is 93.0 Å². The lowest BCUT2D eigenvalue weighted by atomic mass is 9.83. The zero-order valence-electron chi connectivity index (χ0n) is 34.6. The quantitative estimate of drug-likeness (QED) is 0.0349. The van der Waals surface area contributed by atoms with E-state index >= 15 is 0 Å². The Morgan fingerprint density at radius 2 is 1.22 bits per heavy atom. The second kappa shape index (κ2) is 18.3. The summed E-state index contributed by atoms with van der Waals surface area (Å²) in [6.45, 7) is 11.9. The molecule has 1 aliphatic carbocycles. The summed E-state index contributed by atoms with van der Waals surface area (Å²) in [4.78, 5) is 4.75. The molecule has 0 amide bonds. The molecule has 2 heterocycles. The standard InChI is InChI=1S/C45H55N3O8S3/c1-33-19-25-36(26-20-33)59(53,54)46(6)43-34(23-27-41-44(2,3)37-15-7-9-17-39(37)47(41)29-11-13-31-57-56-55-49)21-22-35(43)24-28-42-45(4,5)38-16-8-10-18-40(38)48(42)30-12-14-32-58(50,51)52/h7-10,15-20,23-28H,11-14,21-22,29-32H2,1-6H3,(H-,49,50,51,52)/p-1. The van der Waals surface area contributed by atoms with Gasteiger partial charge in [-0.15, -0.1) is 3.98 Å². The van der Waals surface area contributed by atoms with E-state index in [0.717, 1.165) is 76.5 Å². The molecule has 0 saturated heterocycles. The molecule has 6 rings (SSSR count). The molecule has 3 aliphatic rings. The highest BCUT2D eigenvalue weighted by molar-refractivity contribution is 7.94. The van der Waals surface area contributed by atoms with Crippen molar-refractivity contribution in [3.8, 4) is 0 Å². The van der Waals surface area contributed by atoms with Crippen LogP contribution in [0.5, 0.6) is 0 Å². The summed E-state index contributed by atoms with van der Waals surface area (Å²) < 4.78 is 68.8. The molecule has 14 heteroatoms. The number of allylic oxidation sites excluding steroid dienone is 8. The number of fused-ring (bicyclic) bond motifs is 2. The van der Waals surface area contributed by atoms with Gasteiger partial charge in [-0.3, -0.25) is 5.04 Å². The Morgan fingerprint density at radius 1 is 0.729 bits per heavy atom. The van der Waals surface area contributed by atoms with Crippen molar-refractivity contribution in [2.24, 2.45) is 0 Å². The smallest absolute Gasteiger partial charge is 0.395 e. The van der Waals surface area contributed by atoms with E-state index in [9.17, 15) is 26.6 Å². The number of aryl methyl sites for hydroxylation is 1. The van der Waals surface area contributed by atoms with Gasteiger partial charge in [0.15, 0.2) is 7.05 Å². The third-order valence-electron chi connectivity index (χ3n) is 11.7. The lowest BCUT2D eigenvalue weighted by molar-refractivity contribution is -0.777. The van der Waals surface area contributed by atoms with Crippen LogP contribution in [-0.2, 0) is 40.3 Å². The molecule has 0 aromatic heterocycles. The third kappa shape index (κ3) is 9.64. The fourth-order valence-corrected chi connectivity index (χ4v) is 10.8. The first-order valence-corrected chi connectivity index (χ1v) is 23.9. The van der Waals surface area contributed by atoms with Crippen molar-refractivity contribution in [2.45, 2.75) is 88.9 Å². The fourth-order valence-electron chi connectivity index (χ4n) is 8.59. The van der Waals surface area contributed by atoms with E-state index in [1.165, 1.54) is 9.54 Å². The van der Waals surface area contributed by atoms with Crippen molar-refractivity contribution in [3.63, 3.8) is 0 Å². The summed E-state index contributed by atoms with van der Waals surface area (Å²) in [7, 11) is -6.63. The van der Waals surface area contributed by atoms with Crippen LogP contribution in [0.2, 0.25) is 0 Å². The van der Waals surface area contributed by atoms with Gasteiger partial charge in [-0.25, -0.2) is 8.42 Å². The number of rotatable bonds is 16. The van der Waals surface area contributed by atoms with Gasteiger partial charge in [0.25, 0.3) is 0 Å². The van der Waals surface area contributed by atoms with E-state index in [1.54, 1.807) is 31.3 Å². The van der Waals surface area contributed by atoms with Crippen molar-refractivity contribution in [3.05, 3.63) is 136 Å². The zero-order valence-corrected chi connectivity index (χ0v) is 37.1. The molecule has 0 spiro atoms. The molecule has 316 valence electrons. The number of unbranched alkanes of at least 4 members (excludes halogenated alkanes) is 2. The molecule has 3 aromatic rings. The van der Waals surface area contributed by atoms with Gasteiger partial charge in [0.2, 0.25) is 5.71 Å². The summed E-state index contributed by atoms with van der Waals surface area (Å²) in [5.74, 6) is 0.206. The van der Waals surface area contributed by atoms with Crippen molar-refractivity contribution < 1.29 is 40.0 Å². The number of hydrogen-bond acceptors (Lipinski definition) is 11. The van der Waals surface area contributed by atoms with E-state index in [2.05, 4.69) is 95.4 Å². The van der Waals surface area contributed by atoms with E-state index in [0.29, 0.717) is 37.3 Å². The fraction of sp³-hybridized carbons (Fsp3) is 0.400. The molecule has 0 radical (unpaired) electrons. The Labute approximate surface area is 354 Å². The van der Waals surface area contributed by atoms with E-state index in [1.807, 2.05) is 31.2 Å². The van der Waals surface area contributed by atoms with E-state index in [4.69, 9.17) is 0 Å². The Kier molecular flexibility index (Phi) is 13.8. The number of benzene rings is 3. The van der Waals surface area contributed by atoms with Gasteiger partial charge in [-0.2, -0.15) is 12.8 Å². The van der Waals surface area contributed by atoms with Gasteiger partial charge >= 0.3 is 10.0 Å². The molecule has 3 aromatic carbocycles. The van der Waals surface area contributed by atoms with Crippen LogP contribution in [0.25, 0.3) is 0 Å². The molecule has 1 saturated carbocycles. The average molecular weight is 861 g/mol. The Balaban J connectivity index is 1.43. The minimum Gasteiger partial charge on any atom is -0.748 e. The van der Waals surface area contributed by atoms with Crippen LogP contribution >= 0.6 is 12.0 Å². The number of nitrogens with zero attached hydrogens (tertiary/aromatic N) is 3. The third-order valence-corrected chi connectivity index (χ3v) is 14.9. The number of anilines is 2. The highest BCUT2D eigenvalue weighted by Gasteiger charge is 2.42. The van der Waals surface area contributed by atoms with Crippen molar-refractivity contribution in [1.82, 2.24) is 0 Å². The maximum absolute atomic E-state index is 14.4. The summed E-state index contributed by atoms with van der Waals surface area (Å²) in [5.41, 5.74) is 9.29. The predicted molar refractivity (Wildman–Crippen MR) is 232 cm³/mol. The van der Waals surface area contributed by atoms with E-state index < -0.39 is 31.3 Å². The van der Waals surface area contributed by atoms with Gasteiger partial charge in [0.1, 0.15) is 4.90 Å².